The number of nitrogens with one attached hydrogen (secondary N) is 1. The van der Waals surface area contributed by atoms with Crippen molar-refractivity contribution in [1.82, 2.24) is 9.29 Å². The maximum absolute atomic E-state index is 13.3. The van der Waals surface area contributed by atoms with Crippen molar-refractivity contribution in [2.75, 3.05) is 19.0 Å². The van der Waals surface area contributed by atoms with E-state index in [1.54, 1.807) is 18.2 Å². The number of anilines is 1. The van der Waals surface area contributed by atoms with Crippen LogP contribution in [-0.4, -0.2) is 72.1 Å². The minimum atomic E-state index is -4.10. The van der Waals surface area contributed by atoms with Gasteiger partial charge in [0.05, 0.1) is 11.5 Å². The number of esters is 1. The molecule has 2 aromatic rings. The number of sulfonamides is 1. The van der Waals surface area contributed by atoms with Crippen LogP contribution in [0.2, 0.25) is 0 Å². The molecule has 0 radical (unpaired) electrons. The van der Waals surface area contributed by atoms with E-state index in [9.17, 15) is 28.2 Å². The Morgan fingerprint density at radius 1 is 1.17 bits per heavy atom. The first-order valence-corrected chi connectivity index (χ1v) is 12.4. The molecule has 3 atom stereocenters. The Balaban J connectivity index is 2.02. The van der Waals surface area contributed by atoms with Crippen molar-refractivity contribution >= 4 is 33.5 Å². The number of aliphatic hydroxyl groups is 2. The quantitative estimate of drug-likeness (QED) is 0.304. The number of aliphatic hydroxyl groups excluding tert-OH is 2. The number of hydrogen-bond donors (Lipinski definition) is 3. The van der Waals surface area contributed by atoms with Gasteiger partial charge in [0.1, 0.15) is 11.9 Å². The van der Waals surface area contributed by atoms with Crippen molar-refractivity contribution in [3.8, 4) is 0 Å². The number of nitrogens with zero attached hydrogens (tertiary/aromatic N) is 2. The van der Waals surface area contributed by atoms with Crippen LogP contribution in [0.25, 0.3) is 5.76 Å². The maximum Gasteiger partial charge on any atom is 0.307 e. The molecule has 3 unspecified atom stereocenters. The van der Waals surface area contributed by atoms with Crippen LogP contribution < -0.4 is 5.32 Å². The number of carbonyl (C=O) groups is 2. The topological polar surface area (TPSA) is 165 Å². The predicted molar refractivity (Wildman–Crippen MR) is 126 cm³/mol. The Hall–Kier alpha value is -3.52. The van der Waals surface area contributed by atoms with Gasteiger partial charge in [-0.3, -0.25) is 13.9 Å². The highest BCUT2D eigenvalue weighted by Crippen LogP contribution is 2.37. The minimum Gasteiger partial charge on any atom is -0.462 e. The Labute approximate surface area is 208 Å². The van der Waals surface area contributed by atoms with E-state index in [0.717, 1.165) is 4.31 Å². The van der Waals surface area contributed by atoms with E-state index in [4.69, 9.17) is 14.2 Å². The highest BCUT2D eigenvalue weighted by Gasteiger charge is 2.40. The van der Waals surface area contributed by atoms with E-state index >= 15 is 0 Å². The van der Waals surface area contributed by atoms with Gasteiger partial charge >= 0.3 is 5.97 Å². The van der Waals surface area contributed by atoms with E-state index in [2.05, 4.69) is 10.3 Å². The zero-order chi connectivity index (χ0) is 26.5. The van der Waals surface area contributed by atoms with Crippen LogP contribution in [-0.2, 0) is 33.8 Å². The molecule has 194 valence electrons. The molecule has 0 saturated carbocycles. The zero-order valence-corrected chi connectivity index (χ0v) is 20.6. The molecule has 3 rings (SSSR count). The molecule has 3 N–H and O–H groups in total. The second kappa shape index (κ2) is 11.5. The Morgan fingerprint density at radius 3 is 2.50 bits per heavy atom. The average molecular weight is 522 g/mol. The highest BCUT2D eigenvalue weighted by molar-refractivity contribution is 7.89. The van der Waals surface area contributed by atoms with Gasteiger partial charge in [0.2, 0.25) is 12.6 Å². The van der Waals surface area contributed by atoms with Gasteiger partial charge in [-0.2, -0.15) is 0 Å². The van der Waals surface area contributed by atoms with Crippen molar-refractivity contribution in [2.45, 2.75) is 43.8 Å². The smallest absolute Gasteiger partial charge is 0.307 e. The molecular formula is C23H27N3O9S. The standard InChI is InChI=1S/C23H27N3O9S/c1-4-19(29)35-23(16(28)13-27)34-14(2)33-21-15-9-5-6-10-17(15)36(31,32)26(3)20(21)22(30)25-18-11-7-8-12-24-18/h5-12,14,16,23,27-28H,4,13H2,1-3H3,(H,24,25,30). The fourth-order valence-corrected chi connectivity index (χ4v) is 4.66. The molecule has 1 aromatic heterocycles. The van der Waals surface area contributed by atoms with Gasteiger partial charge < -0.3 is 29.7 Å². The molecule has 0 spiro atoms. The van der Waals surface area contributed by atoms with Crippen LogP contribution in [0.3, 0.4) is 0 Å². The third-order valence-corrected chi connectivity index (χ3v) is 6.88. The molecule has 0 bridgehead atoms. The Kier molecular flexibility index (Phi) is 8.63. The molecule has 1 amide bonds. The van der Waals surface area contributed by atoms with Crippen molar-refractivity contribution in [3.05, 3.63) is 59.9 Å². The number of carbonyl (C=O) groups excluding carboxylic acids is 2. The lowest BCUT2D eigenvalue weighted by Gasteiger charge is -2.32. The first-order valence-electron chi connectivity index (χ1n) is 11.0. The summed E-state index contributed by atoms with van der Waals surface area (Å²) in [6.45, 7) is 2.17. The fraction of sp³-hybridized carbons (Fsp3) is 0.348. The monoisotopic (exact) mass is 521 g/mol. The third-order valence-electron chi connectivity index (χ3n) is 5.07. The lowest BCUT2D eigenvalue weighted by atomic mass is 10.1. The van der Waals surface area contributed by atoms with Crippen LogP contribution in [0.15, 0.2) is 59.3 Å². The Morgan fingerprint density at radius 2 is 1.86 bits per heavy atom. The molecular weight excluding hydrogens is 494 g/mol. The average Bonchev–Trinajstić information content (AvgIpc) is 2.87. The third kappa shape index (κ3) is 5.82. The molecule has 13 heteroatoms. The van der Waals surface area contributed by atoms with Crippen molar-refractivity contribution < 1.29 is 42.4 Å². The summed E-state index contributed by atoms with van der Waals surface area (Å²) in [6.07, 6.45) is -2.97. The molecule has 1 aliphatic heterocycles. The fourth-order valence-electron chi connectivity index (χ4n) is 3.27. The van der Waals surface area contributed by atoms with Crippen molar-refractivity contribution in [3.63, 3.8) is 0 Å². The number of fused-ring (bicyclic) bond motifs is 1. The lowest BCUT2D eigenvalue weighted by molar-refractivity contribution is -0.250. The van der Waals surface area contributed by atoms with Crippen LogP contribution in [0.5, 0.6) is 0 Å². The van der Waals surface area contributed by atoms with Gasteiger partial charge in [0.25, 0.3) is 15.9 Å². The van der Waals surface area contributed by atoms with Gasteiger partial charge in [-0.25, -0.2) is 13.4 Å². The summed E-state index contributed by atoms with van der Waals surface area (Å²) in [5.74, 6) is -1.46. The lowest BCUT2D eigenvalue weighted by Crippen LogP contribution is -2.40. The van der Waals surface area contributed by atoms with Gasteiger partial charge in [-0.05, 0) is 31.2 Å². The number of benzene rings is 1. The van der Waals surface area contributed by atoms with E-state index < -0.39 is 47.2 Å². The number of likely N-dealkylation sites (N-methyl/N-ethyl adjacent to an activating group) is 1. The van der Waals surface area contributed by atoms with E-state index in [1.165, 1.54) is 51.4 Å². The second-order valence-electron chi connectivity index (χ2n) is 7.60. The molecule has 0 saturated heterocycles. The second-order valence-corrected chi connectivity index (χ2v) is 9.54. The first-order chi connectivity index (χ1) is 17.1. The number of aromatic nitrogens is 1. The minimum absolute atomic E-state index is 0.00767. The molecule has 12 nitrogen and oxygen atoms in total. The molecule has 0 fully saturated rings. The van der Waals surface area contributed by atoms with Gasteiger partial charge in [0.15, 0.2) is 11.5 Å². The summed E-state index contributed by atoms with van der Waals surface area (Å²) in [5, 5.41) is 21.8. The summed E-state index contributed by atoms with van der Waals surface area (Å²) in [4.78, 5) is 28.9. The summed E-state index contributed by atoms with van der Waals surface area (Å²) in [7, 11) is -2.90. The largest absolute Gasteiger partial charge is 0.462 e. The number of pyridine rings is 1. The molecule has 1 aliphatic rings. The summed E-state index contributed by atoms with van der Waals surface area (Å²) in [6, 6.07) is 10.8. The van der Waals surface area contributed by atoms with Crippen LogP contribution in [0.1, 0.15) is 25.8 Å². The van der Waals surface area contributed by atoms with Crippen LogP contribution >= 0.6 is 0 Å². The van der Waals surface area contributed by atoms with Crippen LogP contribution in [0, 0.1) is 0 Å². The summed E-state index contributed by atoms with van der Waals surface area (Å²) < 4.78 is 43.5. The van der Waals surface area contributed by atoms with Gasteiger partial charge in [0, 0.05) is 25.2 Å². The number of hydrogen-bond acceptors (Lipinski definition) is 10. The van der Waals surface area contributed by atoms with E-state index in [0.29, 0.717) is 0 Å². The van der Waals surface area contributed by atoms with Crippen molar-refractivity contribution in [1.29, 1.82) is 0 Å². The first kappa shape index (κ1) is 27.1. The summed E-state index contributed by atoms with van der Waals surface area (Å²) >= 11 is 0. The normalized spacial score (nSPS) is 17.0. The number of ether oxygens (including phenoxy) is 3. The maximum atomic E-state index is 13.3. The zero-order valence-electron chi connectivity index (χ0n) is 19.8. The summed E-state index contributed by atoms with van der Waals surface area (Å²) in [5.41, 5.74) is -0.248. The molecule has 1 aromatic carbocycles. The molecule has 36 heavy (non-hydrogen) atoms. The van der Waals surface area contributed by atoms with E-state index in [1.807, 2.05) is 0 Å². The number of rotatable bonds is 10. The molecule has 0 aliphatic carbocycles. The van der Waals surface area contributed by atoms with Gasteiger partial charge in [-0.15, -0.1) is 0 Å². The highest BCUT2D eigenvalue weighted by atomic mass is 32.2. The van der Waals surface area contributed by atoms with Crippen molar-refractivity contribution in [2.24, 2.45) is 0 Å². The molecule has 2 heterocycles. The van der Waals surface area contributed by atoms with E-state index in [-0.39, 0.29) is 34.2 Å². The van der Waals surface area contributed by atoms with Crippen LogP contribution in [0.4, 0.5) is 5.82 Å². The SMILES string of the molecule is CCC(=O)OC(OC(C)OC1=C(C(=O)Nc2ccccn2)N(C)S(=O)(=O)c2ccccc21)C(O)CO. The Bertz CT molecular complexity index is 1230. The number of amides is 1. The predicted octanol–water partition coefficient (Wildman–Crippen LogP) is 1.03. The van der Waals surface area contributed by atoms with Gasteiger partial charge in [-0.1, -0.05) is 25.1 Å².